The van der Waals surface area contributed by atoms with Crippen molar-refractivity contribution in [1.82, 2.24) is 4.90 Å². The van der Waals surface area contributed by atoms with Crippen LogP contribution in [-0.2, 0) is 4.79 Å². The highest BCUT2D eigenvalue weighted by Crippen LogP contribution is 2.22. The van der Waals surface area contributed by atoms with Crippen LogP contribution in [0.5, 0.6) is 5.75 Å². The highest BCUT2D eigenvalue weighted by Gasteiger charge is 2.09. The molecule has 0 radical (unpaired) electrons. The van der Waals surface area contributed by atoms with E-state index in [9.17, 15) is 9.59 Å². The molecule has 24 heavy (non-hydrogen) atoms. The third-order valence-electron chi connectivity index (χ3n) is 3.37. The molecule has 0 spiro atoms. The van der Waals surface area contributed by atoms with Gasteiger partial charge in [-0.1, -0.05) is 12.1 Å². The number of benzene rings is 2. The zero-order valence-electron chi connectivity index (χ0n) is 14.0. The summed E-state index contributed by atoms with van der Waals surface area (Å²) in [5.74, 6) is 0.412. The van der Waals surface area contributed by atoms with Gasteiger partial charge in [-0.05, 0) is 36.4 Å². The number of methoxy groups -OCH3 is 1. The highest BCUT2D eigenvalue weighted by atomic mass is 16.5. The van der Waals surface area contributed by atoms with Crippen LogP contribution in [-0.4, -0.2) is 44.5 Å². The Morgan fingerprint density at radius 1 is 1.04 bits per heavy atom. The van der Waals surface area contributed by atoms with E-state index >= 15 is 0 Å². The Hall–Kier alpha value is -3.02. The van der Waals surface area contributed by atoms with Crippen molar-refractivity contribution in [1.29, 1.82) is 0 Å². The van der Waals surface area contributed by atoms with Gasteiger partial charge in [0, 0.05) is 25.3 Å². The van der Waals surface area contributed by atoms with E-state index in [1.54, 1.807) is 45.5 Å². The molecule has 6 nitrogen and oxygen atoms in total. The number of hydrogen-bond acceptors (Lipinski definition) is 4. The van der Waals surface area contributed by atoms with E-state index in [4.69, 9.17) is 4.74 Å². The van der Waals surface area contributed by atoms with E-state index in [1.807, 2.05) is 24.3 Å². The molecule has 0 aliphatic heterocycles. The summed E-state index contributed by atoms with van der Waals surface area (Å²) in [6, 6.07) is 14.2. The lowest BCUT2D eigenvalue weighted by atomic mass is 10.2. The molecule has 2 amide bonds. The molecule has 2 aromatic rings. The Balaban J connectivity index is 1.91. The van der Waals surface area contributed by atoms with Gasteiger partial charge in [-0.15, -0.1) is 0 Å². The van der Waals surface area contributed by atoms with Crippen LogP contribution in [0.15, 0.2) is 48.5 Å². The van der Waals surface area contributed by atoms with Gasteiger partial charge in [0.1, 0.15) is 5.75 Å². The molecular weight excluding hydrogens is 306 g/mol. The van der Waals surface area contributed by atoms with Gasteiger partial charge >= 0.3 is 0 Å². The summed E-state index contributed by atoms with van der Waals surface area (Å²) >= 11 is 0. The van der Waals surface area contributed by atoms with Crippen molar-refractivity contribution in [3.05, 3.63) is 54.1 Å². The molecular formula is C18H21N3O3. The van der Waals surface area contributed by atoms with Gasteiger partial charge in [0.2, 0.25) is 5.91 Å². The van der Waals surface area contributed by atoms with Crippen molar-refractivity contribution in [3.63, 3.8) is 0 Å². The maximum Gasteiger partial charge on any atom is 0.253 e. The Morgan fingerprint density at radius 2 is 1.71 bits per heavy atom. The minimum Gasteiger partial charge on any atom is -0.495 e. The number of anilines is 2. The lowest BCUT2D eigenvalue weighted by Gasteiger charge is -2.12. The molecule has 0 aliphatic rings. The molecule has 2 aromatic carbocycles. The Kier molecular flexibility index (Phi) is 5.78. The third kappa shape index (κ3) is 4.49. The maximum absolute atomic E-state index is 12.0. The minimum atomic E-state index is -0.187. The zero-order valence-corrected chi connectivity index (χ0v) is 14.0. The average molecular weight is 327 g/mol. The Morgan fingerprint density at radius 3 is 2.33 bits per heavy atom. The van der Waals surface area contributed by atoms with Crippen molar-refractivity contribution < 1.29 is 14.3 Å². The Bertz CT molecular complexity index is 712. The predicted molar refractivity (Wildman–Crippen MR) is 94.6 cm³/mol. The molecule has 0 heterocycles. The van der Waals surface area contributed by atoms with E-state index in [0.717, 1.165) is 5.69 Å². The van der Waals surface area contributed by atoms with Gasteiger partial charge < -0.3 is 20.3 Å². The number of carbonyl (C=O) groups excluding carboxylic acids is 2. The number of nitrogens with one attached hydrogen (secondary N) is 2. The van der Waals surface area contributed by atoms with Crippen LogP contribution >= 0.6 is 0 Å². The second-order valence-corrected chi connectivity index (χ2v) is 5.38. The van der Waals surface area contributed by atoms with Crippen molar-refractivity contribution >= 4 is 23.2 Å². The van der Waals surface area contributed by atoms with E-state index in [2.05, 4.69) is 10.6 Å². The number of para-hydroxylation sites is 2. The normalized spacial score (nSPS) is 9.96. The monoisotopic (exact) mass is 327 g/mol. The molecule has 2 N–H and O–H groups in total. The number of ether oxygens (including phenoxy) is 1. The lowest BCUT2D eigenvalue weighted by Crippen LogP contribution is -2.23. The van der Waals surface area contributed by atoms with Gasteiger partial charge in [-0.2, -0.15) is 0 Å². The second kappa shape index (κ2) is 8.01. The molecule has 0 aliphatic carbocycles. The van der Waals surface area contributed by atoms with Crippen molar-refractivity contribution in [2.45, 2.75) is 0 Å². The Labute approximate surface area is 141 Å². The number of carbonyl (C=O) groups is 2. The van der Waals surface area contributed by atoms with Gasteiger partial charge in [0.25, 0.3) is 5.91 Å². The molecule has 6 heteroatoms. The number of nitrogens with zero attached hydrogens (tertiary/aromatic N) is 1. The van der Waals surface area contributed by atoms with Crippen molar-refractivity contribution in [3.8, 4) is 5.75 Å². The second-order valence-electron chi connectivity index (χ2n) is 5.38. The number of rotatable bonds is 6. The fourth-order valence-electron chi connectivity index (χ4n) is 2.13. The third-order valence-corrected chi connectivity index (χ3v) is 3.37. The first-order valence-corrected chi connectivity index (χ1v) is 7.49. The summed E-state index contributed by atoms with van der Waals surface area (Å²) < 4.78 is 5.22. The maximum atomic E-state index is 12.0. The van der Waals surface area contributed by atoms with Gasteiger partial charge in [-0.25, -0.2) is 0 Å². The van der Waals surface area contributed by atoms with Crippen LogP contribution in [0, 0.1) is 0 Å². The molecule has 0 bridgehead atoms. The average Bonchev–Trinajstić information content (AvgIpc) is 2.60. The summed E-state index contributed by atoms with van der Waals surface area (Å²) in [6.07, 6.45) is 0. The molecule has 0 saturated carbocycles. The van der Waals surface area contributed by atoms with Gasteiger partial charge in [0.05, 0.1) is 19.3 Å². The van der Waals surface area contributed by atoms with E-state index in [0.29, 0.717) is 17.0 Å². The summed E-state index contributed by atoms with van der Waals surface area (Å²) in [7, 11) is 4.97. The highest BCUT2D eigenvalue weighted by molar-refractivity contribution is 5.96. The molecule has 0 saturated heterocycles. The van der Waals surface area contributed by atoms with Crippen molar-refractivity contribution in [2.75, 3.05) is 38.4 Å². The van der Waals surface area contributed by atoms with Crippen molar-refractivity contribution in [2.24, 2.45) is 0 Å². The molecule has 0 atom stereocenters. The molecule has 0 fully saturated rings. The molecule has 2 rings (SSSR count). The van der Waals surface area contributed by atoms with E-state index < -0.39 is 0 Å². The van der Waals surface area contributed by atoms with E-state index in [1.165, 1.54) is 4.90 Å². The van der Waals surface area contributed by atoms with E-state index in [-0.39, 0.29) is 18.4 Å². The molecule has 126 valence electrons. The first-order chi connectivity index (χ1) is 11.5. The SMILES string of the molecule is COc1ccccc1NCC(=O)Nc1ccc(C(=O)N(C)C)cc1. The molecule has 0 unspecified atom stereocenters. The smallest absolute Gasteiger partial charge is 0.253 e. The summed E-state index contributed by atoms with van der Waals surface area (Å²) in [5.41, 5.74) is 1.96. The topological polar surface area (TPSA) is 70.7 Å². The van der Waals surface area contributed by atoms with Crippen LogP contribution in [0.2, 0.25) is 0 Å². The quantitative estimate of drug-likeness (QED) is 0.855. The minimum absolute atomic E-state index is 0.0780. The standard InChI is InChI=1S/C18H21N3O3/c1-21(2)18(23)13-8-10-14(11-9-13)20-17(22)12-19-15-6-4-5-7-16(15)24-3/h4-11,19H,12H2,1-3H3,(H,20,22). The van der Waals surface area contributed by atoms with Crippen LogP contribution in [0.1, 0.15) is 10.4 Å². The predicted octanol–water partition coefficient (Wildman–Crippen LogP) is 2.45. The van der Waals surface area contributed by atoms with Crippen LogP contribution < -0.4 is 15.4 Å². The largest absolute Gasteiger partial charge is 0.495 e. The van der Waals surface area contributed by atoms with Gasteiger partial charge in [0.15, 0.2) is 0 Å². The van der Waals surface area contributed by atoms with Crippen LogP contribution in [0.4, 0.5) is 11.4 Å². The fourth-order valence-corrected chi connectivity index (χ4v) is 2.13. The fraction of sp³-hybridized carbons (Fsp3) is 0.222. The number of amides is 2. The van der Waals surface area contributed by atoms with Gasteiger partial charge in [-0.3, -0.25) is 9.59 Å². The number of hydrogen-bond donors (Lipinski definition) is 2. The summed E-state index contributed by atoms with van der Waals surface area (Å²) in [4.78, 5) is 25.3. The van der Waals surface area contributed by atoms with Crippen LogP contribution in [0.3, 0.4) is 0 Å². The first-order valence-electron chi connectivity index (χ1n) is 7.49. The van der Waals surface area contributed by atoms with Crippen LogP contribution in [0.25, 0.3) is 0 Å². The zero-order chi connectivity index (χ0) is 17.5. The molecule has 0 aromatic heterocycles. The summed E-state index contributed by atoms with van der Waals surface area (Å²) in [5, 5.41) is 5.81. The lowest BCUT2D eigenvalue weighted by molar-refractivity contribution is -0.114. The summed E-state index contributed by atoms with van der Waals surface area (Å²) in [6.45, 7) is 0.110. The first kappa shape index (κ1) is 17.3.